The predicted octanol–water partition coefficient (Wildman–Crippen LogP) is 1.98. The third-order valence-electron chi connectivity index (χ3n) is 2.98. The second-order valence-corrected chi connectivity index (χ2v) is 6.12. The van der Waals surface area contributed by atoms with Crippen molar-refractivity contribution < 1.29 is 22.7 Å². The van der Waals surface area contributed by atoms with E-state index in [1.165, 1.54) is 43.5 Å². The summed E-state index contributed by atoms with van der Waals surface area (Å²) in [6.07, 6.45) is 0.695. The van der Waals surface area contributed by atoms with E-state index in [2.05, 4.69) is 9.51 Å². The molecule has 2 aromatic carbocycles. The summed E-state index contributed by atoms with van der Waals surface area (Å²) in [6.45, 7) is 0. The van der Waals surface area contributed by atoms with E-state index in [1.807, 2.05) is 0 Å². The third kappa shape index (κ3) is 3.82. The van der Waals surface area contributed by atoms with E-state index in [4.69, 9.17) is 10.3 Å². The lowest BCUT2D eigenvalue weighted by Crippen LogP contribution is -2.16. The Hall–Kier alpha value is -2.96. The van der Waals surface area contributed by atoms with Crippen molar-refractivity contribution in [2.24, 2.45) is 0 Å². The molecule has 0 radical (unpaired) electrons. The summed E-state index contributed by atoms with van der Waals surface area (Å²) in [5.74, 6) is -0.0979. The Morgan fingerprint density at radius 2 is 1.83 bits per heavy atom. The quantitative estimate of drug-likeness (QED) is 0.378. The summed E-state index contributed by atoms with van der Waals surface area (Å²) in [6, 6.07) is 11.8. The molecule has 2 rings (SSSR count). The minimum Gasteiger partial charge on any atom is -0.497 e. The number of nitrogens with one attached hydrogen (secondary N) is 1. The Kier molecular flexibility index (Phi) is 4.90. The molecule has 0 aliphatic heterocycles. The molecule has 0 aliphatic carbocycles. The fourth-order valence-electron chi connectivity index (χ4n) is 1.87. The van der Waals surface area contributed by atoms with E-state index in [0.717, 1.165) is 0 Å². The molecule has 0 fully saturated rings. The highest BCUT2D eigenvalue weighted by atomic mass is 32.2. The molecule has 0 atom stereocenters. The van der Waals surface area contributed by atoms with Gasteiger partial charge in [0.15, 0.2) is 0 Å². The zero-order valence-corrected chi connectivity index (χ0v) is 12.9. The molecule has 0 heterocycles. The number of hydrogen-bond acceptors (Lipinski definition) is 4. The minimum absolute atomic E-state index is 0.0244. The van der Waals surface area contributed by atoms with Crippen LogP contribution in [0.25, 0.3) is 5.53 Å². The Bertz CT molecular complexity index is 870. The molecular weight excluding hydrogens is 318 g/mol. The van der Waals surface area contributed by atoms with Gasteiger partial charge in [0, 0.05) is 0 Å². The molecule has 0 bridgehead atoms. The van der Waals surface area contributed by atoms with Gasteiger partial charge >= 0.3 is 6.21 Å². The van der Waals surface area contributed by atoms with Gasteiger partial charge in [0.1, 0.15) is 5.75 Å². The molecule has 0 saturated heterocycles. The van der Waals surface area contributed by atoms with Crippen LogP contribution < -0.4 is 9.46 Å². The van der Waals surface area contributed by atoms with Crippen molar-refractivity contribution in [1.29, 1.82) is 0 Å². The molecule has 0 spiro atoms. The summed E-state index contributed by atoms with van der Waals surface area (Å²) in [5, 5.41) is 0. The van der Waals surface area contributed by atoms with E-state index in [1.54, 1.807) is 12.1 Å². The van der Waals surface area contributed by atoms with E-state index < -0.39 is 15.8 Å². The number of benzene rings is 2. The lowest BCUT2D eigenvalue weighted by molar-refractivity contribution is 0.00235. The highest BCUT2D eigenvalue weighted by Gasteiger charge is 2.19. The number of ketones is 1. The van der Waals surface area contributed by atoms with E-state index in [0.29, 0.717) is 12.0 Å². The maximum absolute atomic E-state index is 12.4. The number of nitrogens with zero attached hydrogens (tertiary/aromatic N) is 2. The number of sulfonamides is 1. The van der Waals surface area contributed by atoms with Gasteiger partial charge < -0.3 is 10.3 Å². The summed E-state index contributed by atoms with van der Waals surface area (Å²) in [5.41, 5.74) is 8.61. The number of para-hydroxylation sites is 1. The zero-order chi connectivity index (χ0) is 16.9. The third-order valence-corrected chi connectivity index (χ3v) is 4.36. The predicted molar refractivity (Wildman–Crippen MR) is 84.3 cm³/mol. The lowest BCUT2D eigenvalue weighted by Gasteiger charge is -2.10. The number of Topliss-reactive ketones (excluding diaryl/α,β-unsaturated/α-hetero) is 1. The van der Waals surface area contributed by atoms with Gasteiger partial charge in [-0.2, -0.15) is 4.79 Å². The molecular formula is C15H13N3O4S. The van der Waals surface area contributed by atoms with Gasteiger partial charge in [-0.1, -0.05) is 12.1 Å². The smallest absolute Gasteiger partial charge is 0.328 e. The van der Waals surface area contributed by atoms with Crippen molar-refractivity contribution in [3.8, 4) is 5.75 Å². The SMILES string of the molecule is COc1ccc(S(=O)(=O)Nc2ccccc2C(=O)C=[N+]=[N-])cc1. The van der Waals surface area contributed by atoms with Crippen LogP contribution in [0, 0.1) is 0 Å². The fraction of sp³-hybridized carbons (Fsp3) is 0.0667. The van der Waals surface area contributed by atoms with Crippen LogP contribution in [0.4, 0.5) is 5.69 Å². The van der Waals surface area contributed by atoms with Gasteiger partial charge in [0.2, 0.25) is 0 Å². The fourth-order valence-corrected chi connectivity index (χ4v) is 2.95. The molecule has 0 amide bonds. The van der Waals surface area contributed by atoms with Gasteiger partial charge in [-0.25, -0.2) is 8.42 Å². The maximum Gasteiger partial charge on any atom is 0.328 e. The number of carbonyl (C=O) groups excluding carboxylic acids is 1. The first-order chi connectivity index (χ1) is 11.0. The number of hydrogen-bond donors (Lipinski definition) is 1. The van der Waals surface area contributed by atoms with E-state index in [-0.39, 0.29) is 16.1 Å². The second-order valence-electron chi connectivity index (χ2n) is 4.44. The molecule has 0 saturated carbocycles. The molecule has 0 unspecified atom stereocenters. The van der Waals surface area contributed by atoms with Gasteiger partial charge in [0.05, 0.1) is 23.3 Å². The average molecular weight is 331 g/mol. The molecule has 118 valence electrons. The number of ether oxygens (including phenoxy) is 1. The standard InChI is InChI=1S/C15H13N3O4S/c1-22-11-6-8-12(9-7-11)23(20,21)18-14-5-3-2-4-13(14)15(19)10-17-16/h2-10,18H,1H3. The van der Waals surface area contributed by atoms with Crippen LogP contribution in [-0.4, -0.2) is 32.3 Å². The van der Waals surface area contributed by atoms with Crippen LogP contribution in [0.1, 0.15) is 10.4 Å². The zero-order valence-electron chi connectivity index (χ0n) is 12.1. The highest BCUT2D eigenvalue weighted by Crippen LogP contribution is 2.21. The first kappa shape index (κ1) is 16.4. The first-order valence-corrected chi connectivity index (χ1v) is 7.94. The minimum atomic E-state index is -3.87. The topological polar surface area (TPSA) is 109 Å². The Morgan fingerprint density at radius 1 is 1.17 bits per heavy atom. The number of rotatable bonds is 6. The van der Waals surface area contributed by atoms with E-state index >= 15 is 0 Å². The van der Waals surface area contributed by atoms with Crippen LogP contribution >= 0.6 is 0 Å². The van der Waals surface area contributed by atoms with Gasteiger partial charge in [-0.3, -0.25) is 9.52 Å². The van der Waals surface area contributed by atoms with Crippen LogP contribution in [0.15, 0.2) is 53.4 Å². The molecule has 1 N–H and O–H groups in total. The number of carbonyl (C=O) groups is 1. The van der Waals surface area contributed by atoms with Crippen molar-refractivity contribution in [3.63, 3.8) is 0 Å². The highest BCUT2D eigenvalue weighted by molar-refractivity contribution is 7.92. The van der Waals surface area contributed by atoms with Crippen molar-refractivity contribution in [2.75, 3.05) is 11.8 Å². The average Bonchev–Trinajstić information content (AvgIpc) is 2.55. The molecule has 2 aromatic rings. The second kappa shape index (κ2) is 6.87. The van der Waals surface area contributed by atoms with Crippen LogP contribution in [0.3, 0.4) is 0 Å². The maximum atomic E-state index is 12.4. The Morgan fingerprint density at radius 3 is 2.43 bits per heavy atom. The molecule has 7 nitrogen and oxygen atoms in total. The Labute approximate surface area is 133 Å². The molecule has 8 heteroatoms. The monoisotopic (exact) mass is 331 g/mol. The van der Waals surface area contributed by atoms with Crippen LogP contribution in [0.2, 0.25) is 0 Å². The number of anilines is 1. The molecule has 0 aliphatic rings. The largest absolute Gasteiger partial charge is 0.497 e. The summed E-state index contributed by atoms with van der Waals surface area (Å²) in [4.78, 5) is 14.5. The molecule has 23 heavy (non-hydrogen) atoms. The van der Waals surface area contributed by atoms with Crippen molar-refractivity contribution in [2.45, 2.75) is 4.90 Å². The van der Waals surface area contributed by atoms with Crippen molar-refractivity contribution in [3.05, 3.63) is 59.6 Å². The van der Waals surface area contributed by atoms with E-state index in [9.17, 15) is 13.2 Å². The van der Waals surface area contributed by atoms with Gasteiger partial charge in [0.25, 0.3) is 15.8 Å². The Balaban J connectivity index is 2.37. The van der Waals surface area contributed by atoms with Gasteiger partial charge in [-0.15, -0.1) is 0 Å². The summed E-state index contributed by atoms with van der Waals surface area (Å²) < 4.78 is 32.1. The normalized spacial score (nSPS) is 10.5. The molecule has 0 aromatic heterocycles. The van der Waals surface area contributed by atoms with Crippen LogP contribution in [0.5, 0.6) is 5.75 Å². The van der Waals surface area contributed by atoms with Crippen LogP contribution in [-0.2, 0) is 10.0 Å². The van der Waals surface area contributed by atoms with Crippen molar-refractivity contribution in [1.82, 2.24) is 0 Å². The lowest BCUT2D eigenvalue weighted by atomic mass is 10.1. The number of methoxy groups -OCH3 is 1. The summed E-state index contributed by atoms with van der Waals surface area (Å²) >= 11 is 0. The summed E-state index contributed by atoms with van der Waals surface area (Å²) in [7, 11) is -2.40. The van der Waals surface area contributed by atoms with Gasteiger partial charge in [-0.05, 0) is 36.4 Å². The van der Waals surface area contributed by atoms with Crippen molar-refractivity contribution >= 4 is 27.7 Å². The first-order valence-electron chi connectivity index (χ1n) is 6.45.